The first-order valence-electron chi connectivity index (χ1n) is 7.89. The van der Waals surface area contributed by atoms with Crippen LogP contribution in [0.25, 0.3) is 0 Å². The number of benzene rings is 1. The Balaban J connectivity index is 1.93. The third-order valence-electron chi connectivity index (χ3n) is 3.83. The lowest BCUT2D eigenvalue weighted by atomic mass is 9.98. The Morgan fingerprint density at radius 2 is 2.04 bits per heavy atom. The van der Waals surface area contributed by atoms with Crippen molar-refractivity contribution in [3.63, 3.8) is 0 Å². The van der Waals surface area contributed by atoms with Crippen LogP contribution < -0.4 is 4.74 Å². The second-order valence-corrected chi connectivity index (χ2v) is 5.59. The molecule has 0 saturated carbocycles. The number of carbonyl (C=O) groups excluding carboxylic acids is 2. The molecule has 0 bridgehead atoms. The zero-order chi connectivity index (χ0) is 16.8. The molecular weight excluding hydrogens is 301 g/mol. The number of hydrogen-bond acceptors (Lipinski definition) is 4. The minimum atomic E-state index is -0.693. The van der Waals surface area contributed by atoms with E-state index in [1.807, 2.05) is 0 Å². The zero-order valence-corrected chi connectivity index (χ0v) is 13.5. The lowest BCUT2D eigenvalue weighted by Gasteiger charge is -2.33. The van der Waals surface area contributed by atoms with E-state index in [0.717, 1.165) is 12.8 Å². The highest BCUT2D eigenvalue weighted by atomic mass is 19.1. The van der Waals surface area contributed by atoms with Gasteiger partial charge in [-0.05, 0) is 51.0 Å². The molecule has 0 unspecified atom stereocenters. The first-order chi connectivity index (χ1) is 11.0. The maximum atomic E-state index is 12.9. The molecule has 0 radical (unpaired) electrons. The van der Waals surface area contributed by atoms with E-state index in [-0.39, 0.29) is 23.6 Å². The van der Waals surface area contributed by atoms with Crippen LogP contribution in [0.4, 0.5) is 4.39 Å². The van der Waals surface area contributed by atoms with Gasteiger partial charge < -0.3 is 14.4 Å². The molecule has 2 rings (SSSR count). The Kier molecular flexibility index (Phi) is 5.96. The maximum Gasteiger partial charge on any atom is 0.310 e. The molecule has 6 heteroatoms. The van der Waals surface area contributed by atoms with Crippen molar-refractivity contribution in [3.05, 3.63) is 30.1 Å². The van der Waals surface area contributed by atoms with Gasteiger partial charge in [-0.2, -0.15) is 0 Å². The topological polar surface area (TPSA) is 55.8 Å². The highest BCUT2D eigenvalue weighted by Gasteiger charge is 2.31. The number of piperidine rings is 1. The van der Waals surface area contributed by atoms with Crippen LogP contribution >= 0.6 is 0 Å². The van der Waals surface area contributed by atoms with Crippen molar-refractivity contribution in [2.75, 3.05) is 19.7 Å². The number of nitrogens with zero attached hydrogens (tertiary/aromatic N) is 1. The van der Waals surface area contributed by atoms with E-state index in [1.54, 1.807) is 18.7 Å². The number of ether oxygens (including phenoxy) is 2. The summed E-state index contributed by atoms with van der Waals surface area (Å²) in [5.74, 6) is -0.623. The summed E-state index contributed by atoms with van der Waals surface area (Å²) in [5, 5.41) is 0. The standard InChI is InChI=1S/C17H22FNO4/c1-3-22-17(21)13-5-4-10-19(11-13)16(20)12(2)23-15-8-6-14(18)7-9-15/h6-9,12-13H,3-5,10-11H2,1-2H3/t12-,13+/m1/s1. The van der Waals surface area contributed by atoms with Crippen molar-refractivity contribution < 1.29 is 23.5 Å². The molecule has 1 aliphatic rings. The first kappa shape index (κ1) is 17.2. The fourth-order valence-corrected chi connectivity index (χ4v) is 2.65. The quantitative estimate of drug-likeness (QED) is 0.781. The summed E-state index contributed by atoms with van der Waals surface area (Å²) >= 11 is 0. The van der Waals surface area contributed by atoms with E-state index in [9.17, 15) is 14.0 Å². The van der Waals surface area contributed by atoms with Crippen LogP contribution in [0.5, 0.6) is 5.75 Å². The number of likely N-dealkylation sites (tertiary alicyclic amines) is 1. The Morgan fingerprint density at radius 3 is 2.70 bits per heavy atom. The van der Waals surface area contributed by atoms with Gasteiger partial charge in [-0.15, -0.1) is 0 Å². The van der Waals surface area contributed by atoms with E-state index in [2.05, 4.69) is 0 Å². The van der Waals surface area contributed by atoms with Gasteiger partial charge >= 0.3 is 5.97 Å². The van der Waals surface area contributed by atoms with Crippen LogP contribution in [0.2, 0.25) is 0 Å². The monoisotopic (exact) mass is 323 g/mol. The predicted octanol–water partition coefficient (Wildman–Crippen LogP) is 2.39. The van der Waals surface area contributed by atoms with Crippen molar-refractivity contribution >= 4 is 11.9 Å². The third kappa shape index (κ3) is 4.68. The average Bonchev–Trinajstić information content (AvgIpc) is 2.56. The predicted molar refractivity (Wildman–Crippen MR) is 82.4 cm³/mol. The smallest absolute Gasteiger partial charge is 0.310 e. The highest BCUT2D eigenvalue weighted by molar-refractivity contribution is 5.82. The molecule has 1 aliphatic heterocycles. The van der Waals surface area contributed by atoms with Crippen molar-refractivity contribution in [3.8, 4) is 5.75 Å². The molecule has 126 valence electrons. The summed E-state index contributed by atoms with van der Waals surface area (Å²) in [6.45, 7) is 4.72. The van der Waals surface area contributed by atoms with E-state index in [0.29, 0.717) is 25.4 Å². The van der Waals surface area contributed by atoms with Crippen LogP contribution in [-0.4, -0.2) is 42.6 Å². The van der Waals surface area contributed by atoms with Crippen LogP contribution in [0.3, 0.4) is 0 Å². The molecule has 0 N–H and O–H groups in total. The van der Waals surface area contributed by atoms with Gasteiger partial charge in [0.05, 0.1) is 12.5 Å². The van der Waals surface area contributed by atoms with E-state index in [4.69, 9.17) is 9.47 Å². The van der Waals surface area contributed by atoms with Crippen LogP contribution in [0.15, 0.2) is 24.3 Å². The Morgan fingerprint density at radius 1 is 1.35 bits per heavy atom. The highest BCUT2D eigenvalue weighted by Crippen LogP contribution is 2.20. The van der Waals surface area contributed by atoms with Gasteiger partial charge in [-0.25, -0.2) is 4.39 Å². The number of halogens is 1. The maximum absolute atomic E-state index is 12.9. The van der Waals surface area contributed by atoms with Gasteiger partial charge in [0, 0.05) is 13.1 Å². The zero-order valence-electron chi connectivity index (χ0n) is 13.5. The summed E-state index contributed by atoms with van der Waals surface area (Å²) in [7, 11) is 0. The van der Waals surface area contributed by atoms with Crippen molar-refractivity contribution in [1.82, 2.24) is 4.90 Å². The molecule has 0 spiro atoms. The summed E-state index contributed by atoms with van der Waals surface area (Å²) in [4.78, 5) is 25.9. The molecule has 0 aliphatic carbocycles. The van der Waals surface area contributed by atoms with Crippen molar-refractivity contribution in [2.45, 2.75) is 32.8 Å². The lowest BCUT2D eigenvalue weighted by Crippen LogP contribution is -2.47. The van der Waals surface area contributed by atoms with Gasteiger partial charge in [0.25, 0.3) is 5.91 Å². The summed E-state index contributed by atoms with van der Waals surface area (Å²) in [5.41, 5.74) is 0. The molecule has 2 atom stereocenters. The number of esters is 1. The van der Waals surface area contributed by atoms with Crippen molar-refractivity contribution in [2.24, 2.45) is 5.92 Å². The molecule has 5 nitrogen and oxygen atoms in total. The molecule has 1 heterocycles. The van der Waals surface area contributed by atoms with Gasteiger partial charge in [0.2, 0.25) is 0 Å². The summed E-state index contributed by atoms with van der Waals surface area (Å²) in [6, 6.07) is 5.53. The summed E-state index contributed by atoms with van der Waals surface area (Å²) < 4.78 is 23.5. The Hall–Kier alpha value is -2.11. The van der Waals surface area contributed by atoms with Gasteiger partial charge in [-0.3, -0.25) is 9.59 Å². The average molecular weight is 323 g/mol. The largest absolute Gasteiger partial charge is 0.481 e. The van der Waals surface area contributed by atoms with Gasteiger partial charge in [0.1, 0.15) is 11.6 Å². The third-order valence-corrected chi connectivity index (χ3v) is 3.83. The molecule has 0 aromatic heterocycles. The van der Waals surface area contributed by atoms with E-state index in [1.165, 1.54) is 24.3 Å². The lowest BCUT2D eigenvalue weighted by molar-refractivity contribution is -0.152. The first-order valence-corrected chi connectivity index (χ1v) is 7.89. The molecule has 23 heavy (non-hydrogen) atoms. The molecule has 1 amide bonds. The fourth-order valence-electron chi connectivity index (χ4n) is 2.65. The molecule has 1 aromatic rings. The summed E-state index contributed by atoms with van der Waals surface area (Å²) in [6.07, 6.45) is 0.801. The normalized spacial score (nSPS) is 19.1. The van der Waals surface area contributed by atoms with Gasteiger partial charge in [0.15, 0.2) is 6.10 Å². The van der Waals surface area contributed by atoms with Crippen LogP contribution in [0.1, 0.15) is 26.7 Å². The molecular formula is C17H22FNO4. The minimum Gasteiger partial charge on any atom is -0.481 e. The van der Waals surface area contributed by atoms with Crippen LogP contribution in [-0.2, 0) is 14.3 Å². The van der Waals surface area contributed by atoms with E-state index >= 15 is 0 Å². The second-order valence-electron chi connectivity index (χ2n) is 5.59. The Bertz CT molecular complexity index is 546. The molecule has 1 fully saturated rings. The number of hydrogen-bond donors (Lipinski definition) is 0. The van der Waals surface area contributed by atoms with Gasteiger partial charge in [-0.1, -0.05) is 0 Å². The Labute approximate surface area is 135 Å². The number of amides is 1. The van der Waals surface area contributed by atoms with Crippen molar-refractivity contribution in [1.29, 1.82) is 0 Å². The second kappa shape index (κ2) is 7.94. The molecule has 1 saturated heterocycles. The SMILES string of the molecule is CCOC(=O)[C@H]1CCCN(C(=O)[C@@H](C)Oc2ccc(F)cc2)C1. The van der Waals surface area contributed by atoms with E-state index < -0.39 is 6.10 Å². The minimum absolute atomic E-state index is 0.177. The number of carbonyl (C=O) groups is 2. The number of rotatable bonds is 5. The fraction of sp³-hybridized carbons (Fsp3) is 0.529. The molecule has 1 aromatic carbocycles. The van der Waals surface area contributed by atoms with Crippen LogP contribution in [0, 0.1) is 11.7 Å².